The molecule has 5 nitrogen and oxygen atoms in total. The number of nitrogens with one attached hydrogen (secondary N) is 2. The minimum atomic E-state index is -0.0937. The molecule has 1 aromatic rings. The normalized spacial score (nSPS) is 22.1. The Labute approximate surface area is 123 Å². The van der Waals surface area contributed by atoms with Crippen molar-refractivity contribution < 1.29 is 0 Å². The lowest BCUT2D eigenvalue weighted by Gasteiger charge is -2.13. The largest absolute Gasteiger partial charge is 0.379 e. The standard InChI is InChI=1S/C14H21ClN4O/c15-12-8-18-19(9-10-3-4-10)14(20)13(12)17-7-5-11-2-1-6-16-11/h8,10-11,16-17H,1-7,9H2/t11-/m1/s1. The third kappa shape index (κ3) is 3.33. The summed E-state index contributed by atoms with van der Waals surface area (Å²) in [7, 11) is 0. The summed E-state index contributed by atoms with van der Waals surface area (Å²) in [6, 6.07) is 0.566. The van der Waals surface area contributed by atoms with Crippen LogP contribution < -0.4 is 16.2 Å². The summed E-state index contributed by atoms with van der Waals surface area (Å²) in [5.41, 5.74) is 0.407. The zero-order valence-corrected chi connectivity index (χ0v) is 12.3. The lowest BCUT2D eigenvalue weighted by molar-refractivity contribution is 0.533. The Kier molecular flexibility index (Phi) is 4.27. The van der Waals surface area contributed by atoms with E-state index in [-0.39, 0.29) is 5.56 Å². The maximum atomic E-state index is 12.3. The van der Waals surface area contributed by atoms with Gasteiger partial charge in [0.05, 0.1) is 11.2 Å². The quantitative estimate of drug-likeness (QED) is 0.841. The maximum absolute atomic E-state index is 12.3. The van der Waals surface area contributed by atoms with Crippen LogP contribution in [-0.2, 0) is 6.54 Å². The van der Waals surface area contributed by atoms with Crippen LogP contribution in [0, 0.1) is 5.92 Å². The molecule has 1 saturated carbocycles. The highest BCUT2D eigenvalue weighted by Crippen LogP contribution is 2.30. The molecule has 1 aromatic heterocycles. The van der Waals surface area contributed by atoms with Crippen LogP contribution in [0.1, 0.15) is 32.1 Å². The van der Waals surface area contributed by atoms with E-state index in [9.17, 15) is 4.79 Å². The van der Waals surface area contributed by atoms with Crippen LogP contribution in [0.25, 0.3) is 0 Å². The van der Waals surface area contributed by atoms with Gasteiger partial charge < -0.3 is 10.6 Å². The van der Waals surface area contributed by atoms with Gasteiger partial charge in [-0.25, -0.2) is 4.68 Å². The van der Waals surface area contributed by atoms with Gasteiger partial charge in [-0.05, 0) is 44.6 Å². The molecule has 2 heterocycles. The van der Waals surface area contributed by atoms with Gasteiger partial charge in [-0.2, -0.15) is 5.10 Å². The summed E-state index contributed by atoms with van der Waals surface area (Å²) < 4.78 is 1.54. The Morgan fingerprint density at radius 2 is 2.30 bits per heavy atom. The topological polar surface area (TPSA) is 59.0 Å². The molecule has 1 aliphatic heterocycles. The molecule has 2 aliphatic rings. The minimum absolute atomic E-state index is 0.0937. The summed E-state index contributed by atoms with van der Waals surface area (Å²) >= 11 is 6.10. The Hall–Kier alpha value is -1.07. The van der Waals surface area contributed by atoms with Crippen molar-refractivity contribution in [2.75, 3.05) is 18.4 Å². The number of hydrogen-bond acceptors (Lipinski definition) is 4. The van der Waals surface area contributed by atoms with E-state index >= 15 is 0 Å². The second kappa shape index (κ2) is 6.14. The third-order valence-electron chi connectivity index (χ3n) is 4.08. The van der Waals surface area contributed by atoms with E-state index in [4.69, 9.17) is 11.6 Å². The molecule has 1 atom stereocenters. The van der Waals surface area contributed by atoms with Crippen molar-refractivity contribution in [1.82, 2.24) is 15.1 Å². The van der Waals surface area contributed by atoms with Gasteiger partial charge in [-0.15, -0.1) is 0 Å². The van der Waals surface area contributed by atoms with Crippen LogP contribution in [0.2, 0.25) is 5.02 Å². The number of rotatable bonds is 6. The Bertz CT molecular complexity index is 520. The second-order valence-corrected chi connectivity index (χ2v) is 6.21. The molecule has 0 bridgehead atoms. The van der Waals surface area contributed by atoms with E-state index in [1.54, 1.807) is 10.9 Å². The lowest BCUT2D eigenvalue weighted by Crippen LogP contribution is -2.29. The molecular formula is C14H21ClN4O. The Morgan fingerprint density at radius 3 is 3.00 bits per heavy atom. The van der Waals surface area contributed by atoms with Gasteiger partial charge in [0.15, 0.2) is 0 Å². The summed E-state index contributed by atoms with van der Waals surface area (Å²) in [5.74, 6) is 0.622. The molecule has 1 aliphatic carbocycles. The van der Waals surface area contributed by atoms with Crippen molar-refractivity contribution in [3.63, 3.8) is 0 Å². The van der Waals surface area contributed by atoms with E-state index in [1.807, 2.05) is 0 Å². The first-order valence-electron chi connectivity index (χ1n) is 7.47. The van der Waals surface area contributed by atoms with Crippen molar-refractivity contribution in [3.05, 3.63) is 21.6 Å². The SMILES string of the molecule is O=c1c(NCC[C@H]2CCCN2)c(Cl)cnn1CC1CC1. The molecule has 6 heteroatoms. The smallest absolute Gasteiger partial charge is 0.291 e. The third-order valence-corrected chi connectivity index (χ3v) is 4.37. The summed E-state index contributed by atoms with van der Waals surface area (Å²) in [6.45, 7) is 2.59. The monoisotopic (exact) mass is 296 g/mol. The van der Waals surface area contributed by atoms with Crippen molar-refractivity contribution in [1.29, 1.82) is 0 Å². The van der Waals surface area contributed by atoms with Gasteiger partial charge >= 0.3 is 0 Å². The second-order valence-electron chi connectivity index (χ2n) is 5.81. The molecule has 20 heavy (non-hydrogen) atoms. The van der Waals surface area contributed by atoms with E-state index in [0.29, 0.717) is 22.7 Å². The van der Waals surface area contributed by atoms with Crippen LogP contribution in [0.4, 0.5) is 5.69 Å². The van der Waals surface area contributed by atoms with E-state index < -0.39 is 0 Å². The predicted octanol–water partition coefficient (Wildman–Crippen LogP) is 1.86. The number of aromatic nitrogens is 2. The molecule has 2 fully saturated rings. The number of hydrogen-bond donors (Lipinski definition) is 2. The van der Waals surface area contributed by atoms with E-state index in [2.05, 4.69) is 15.7 Å². The molecule has 1 saturated heterocycles. The van der Waals surface area contributed by atoms with Crippen molar-refractivity contribution in [2.24, 2.45) is 5.92 Å². The molecule has 110 valence electrons. The Balaban J connectivity index is 1.62. The summed E-state index contributed by atoms with van der Waals surface area (Å²) in [5, 5.41) is 11.2. The van der Waals surface area contributed by atoms with Crippen molar-refractivity contribution >= 4 is 17.3 Å². The van der Waals surface area contributed by atoms with Crippen LogP contribution >= 0.6 is 11.6 Å². The fourth-order valence-corrected chi connectivity index (χ4v) is 2.87. The Morgan fingerprint density at radius 1 is 1.45 bits per heavy atom. The zero-order valence-electron chi connectivity index (χ0n) is 11.6. The van der Waals surface area contributed by atoms with Gasteiger partial charge in [0, 0.05) is 19.1 Å². The van der Waals surface area contributed by atoms with E-state index in [1.165, 1.54) is 25.7 Å². The van der Waals surface area contributed by atoms with Gasteiger partial charge in [0.1, 0.15) is 5.69 Å². The number of anilines is 1. The van der Waals surface area contributed by atoms with Crippen molar-refractivity contribution in [2.45, 2.75) is 44.7 Å². The average molecular weight is 297 g/mol. The molecule has 0 unspecified atom stereocenters. The lowest BCUT2D eigenvalue weighted by atomic mass is 10.1. The van der Waals surface area contributed by atoms with Gasteiger partial charge in [-0.3, -0.25) is 4.79 Å². The molecule has 0 radical (unpaired) electrons. The number of halogens is 1. The minimum Gasteiger partial charge on any atom is -0.379 e. The van der Waals surface area contributed by atoms with E-state index in [0.717, 1.165) is 26.1 Å². The fraction of sp³-hybridized carbons (Fsp3) is 0.714. The highest BCUT2D eigenvalue weighted by Gasteiger charge is 2.23. The molecule has 0 spiro atoms. The summed E-state index contributed by atoms with van der Waals surface area (Å²) in [6.07, 6.45) is 7.45. The highest BCUT2D eigenvalue weighted by molar-refractivity contribution is 6.32. The first-order valence-corrected chi connectivity index (χ1v) is 7.84. The number of nitrogens with zero attached hydrogens (tertiary/aromatic N) is 2. The maximum Gasteiger partial charge on any atom is 0.291 e. The van der Waals surface area contributed by atoms with Crippen LogP contribution in [0.15, 0.2) is 11.0 Å². The fourth-order valence-electron chi connectivity index (χ4n) is 2.68. The first-order chi connectivity index (χ1) is 9.74. The van der Waals surface area contributed by atoms with Gasteiger partial charge in [-0.1, -0.05) is 11.6 Å². The zero-order chi connectivity index (χ0) is 13.9. The molecule has 2 N–H and O–H groups in total. The first kappa shape index (κ1) is 13.9. The average Bonchev–Trinajstić information content (AvgIpc) is 3.10. The molecule has 0 aromatic carbocycles. The molecule has 0 amide bonds. The molecular weight excluding hydrogens is 276 g/mol. The van der Waals surface area contributed by atoms with Crippen LogP contribution in [-0.4, -0.2) is 28.9 Å². The van der Waals surface area contributed by atoms with Crippen LogP contribution in [0.5, 0.6) is 0 Å². The van der Waals surface area contributed by atoms with Crippen molar-refractivity contribution in [3.8, 4) is 0 Å². The highest BCUT2D eigenvalue weighted by atomic mass is 35.5. The van der Waals surface area contributed by atoms with Crippen LogP contribution in [0.3, 0.4) is 0 Å². The van der Waals surface area contributed by atoms with Gasteiger partial charge in [0.25, 0.3) is 5.56 Å². The summed E-state index contributed by atoms with van der Waals surface area (Å²) in [4.78, 5) is 12.3. The molecule has 3 rings (SSSR count). The predicted molar refractivity (Wildman–Crippen MR) is 80.4 cm³/mol. The van der Waals surface area contributed by atoms with Gasteiger partial charge in [0.2, 0.25) is 0 Å².